The zero-order valence-electron chi connectivity index (χ0n) is 9.79. The molecule has 5 heteroatoms. The molecule has 1 aromatic heterocycles. The molecule has 0 spiro atoms. The van der Waals surface area contributed by atoms with E-state index in [4.69, 9.17) is 23.2 Å². The minimum Gasteiger partial charge on any atom is -0.215 e. The van der Waals surface area contributed by atoms with E-state index in [1.165, 1.54) is 6.33 Å². The maximum Gasteiger partial charge on any atom is 0.164 e. The van der Waals surface area contributed by atoms with Crippen LogP contribution in [-0.2, 0) is 0 Å². The number of hydrogen-bond donors (Lipinski definition) is 0. The maximum atomic E-state index is 6.21. The molecule has 94 valence electrons. The van der Waals surface area contributed by atoms with Crippen molar-refractivity contribution >= 4 is 23.2 Å². The maximum absolute atomic E-state index is 6.21. The van der Waals surface area contributed by atoms with Crippen LogP contribution in [0.15, 0.2) is 54.9 Å². The van der Waals surface area contributed by atoms with Crippen molar-refractivity contribution in [3.05, 3.63) is 64.9 Å². The predicted octanol–water partition coefficient (Wildman–Crippen LogP) is 4.24. The summed E-state index contributed by atoms with van der Waals surface area (Å²) in [4.78, 5) is 4.28. The Hall–Kier alpha value is -1.84. The Morgan fingerprint density at radius 2 is 1.74 bits per heavy atom. The van der Waals surface area contributed by atoms with Gasteiger partial charge in [0, 0.05) is 10.6 Å². The molecule has 0 atom stereocenters. The van der Waals surface area contributed by atoms with Gasteiger partial charge in [-0.2, -0.15) is 5.10 Å². The molecule has 3 nitrogen and oxygen atoms in total. The normalized spacial score (nSPS) is 10.6. The third-order valence-corrected chi connectivity index (χ3v) is 3.27. The number of benzene rings is 2. The lowest BCUT2D eigenvalue weighted by Crippen LogP contribution is -1.99. The van der Waals surface area contributed by atoms with E-state index in [2.05, 4.69) is 10.1 Å². The lowest BCUT2D eigenvalue weighted by Gasteiger charge is -2.07. The third-order valence-electron chi connectivity index (χ3n) is 2.72. The average Bonchev–Trinajstić information content (AvgIpc) is 2.89. The largest absolute Gasteiger partial charge is 0.215 e. The summed E-state index contributed by atoms with van der Waals surface area (Å²) < 4.78 is 1.75. The van der Waals surface area contributed by atoms with Gasteiger partial charge >= 0.3 is 0 Å². The highest BCUT2D eigenvalue weighted by molar-refractivity contribution is 6.36. The van der Waals surface area contributed by atoms with Crippen LogP contribution in [0.25, 0.3) is 17.1 Å². The van der Waals surface area contributed by atoms with Crippen molar-refractivity contribution in [2.45, 2.75) is 0 Å². The second kappa shape index (κ2) is 5.03. The Labute approximate surface area is 120 Å². The molecule has 3 rings (SSSR count). The van der Waals surface area contributed by atoms with Gasteiger partial charge in [0.2, 0.25) is 0 Å². The fourth-order valence-electron chi connectivity index (χ4n) is 1.85. The van der Waals surface area contributed by atoms with Crippen LogP contribution < -0.4 is 0 Å². The van der Waals surface area contributed by atoms with E-state index in [9.17, 15) is 0 Å². The van der Waals surface area contributed by atoms with Gasteiger partial charge in [0.15, 0.2) is 5.82 Å². The van der Waals surface area contributed by atoms with Crippen molar-refractivity contribution < 1.29 is 0 Å². The number of para-hydroxylation sites is 1. The molecule has 0 amide bonds. The second-order valence-electron chi connectivity index (χ2n) is 3.96. The first kappa shape index (κ1) is 12.2. The van der Waals surface area contributed by atoms with Gasteiger partial charge in [-0.05, 0) is 30.3 Å². The molecule has 2 aromatic carbocycles. The van der Waals surface area contributed by atoms with Crippen LogP contribution in [0.5, 0.6) is 0 Å². The molecule has 0 unspecified atom stereocenters. The second-order valence-corrected chi connectivity index (χ2v) is 4.80. The van der Waals surface area contributed by atoms with Crippen molar-refractivity contribution in [1.82, 2.24) is 14.8 Å². The first-order valence-corrected chi connectivity index (χ1v) is 6.42. The van der Waals surface area contributed by atoms with Crippen LogP contribution in [-0.4, -0.2) is 14.8 Å². The predicted molar refractivity (Wildman–Crippen MR) is 76.8 cm³/mol. The molecule has 19 heavy (non-hydrogen) atoms. The van der Waals surface area contributed by atoms with Crippen molar-refractivity contribution in [1.29, 1.82) is 0 Å². The summed E-state index contributed by atoms with van der Waals surface area (Å²) >= 11 is 12.1. The molecule has 0 saturated carbocycles. The van der Waals surface area contributed by atoms with Crippen molar-refractivity contribution in [2.24, 2.45) is 0 Å². The van der Waals surface area contributed by atoms with Crippen LogP contribution in [0.2, 0.25) is 10.0 Å². The molecule has 0 N–H and O–H groups in total. The molecule has 3 aromatic rings. The molecule has 1 heterocycles. The van der Waals surface area contributed by atoms with Crippen LogP contribution >= 0.6 is 23.2 Å². The number of aromatic nitrogens is 3. The molecule has 0 bridgehead atoms. The summed E-state index contributed by atoms with van der Waals surface area (Å²) in [6.45, 7) is 0. The summed E-state index contributed by atoms with van der Waals surface area (Å²) in [6, 6.07) is 15.1. The zero-order chi connectivity index (χ0) is 13.2. The standard InChI is InChI=1S/C14H9Cl2N3/c15-10-6-7-12(13(16)8-10)14-17-9-18-19(14)11-4-2-1-3-5-11/h1-9H. The Balaban J connectivity index is 2.15. The molecular weight excluding hydrogens is 281 g/mol. The van der Waals surface area contributed by atoms with Crippen molar-refractivity contribution in [3.63, 3.8) is 0 Å². The number of halogens is 2. The fourth-order valence-corrected chi connectivity index (χ4v) is 2.35. The molecule has 0 aliphatic rings. The SMILES string of the molecule is Clc1ccc(-c2ncnn2-c2ccccc2)c(Cl)c1. The zero-order valence-corrected chi connectivity index (χ0v) is 11.3. The average molecular weight is 290 g/mol. The highest BCUT2D eigenvalue weighted by atomic mass is 35.5. The summed E-state index contributed by atoms with van der Waals surface area (Å²) in [6.07, 6.45) is 1.51. The molecule has 0 saturated heterocycles. The smallest absolute Gasteiger partial charge is 0.164 e. The summed E-state index contributed by atoms with van der Waals surface area (Å²) in [5.74, 6) is 0.688. The minimum absolute atomic E-state index is 0.553. The van der Waals surface area contributed by atoms with E-state index in [1.807, 2.05) is 36.4 Å². The number of nitrogens with zero attached hydrogens (tertiary/aromatic N) is 3. The van der Waals surface area contributed by atoms with Gasteiger partial charge in [-0.25, -0.2) is 9.67 Å². The van der Waals surface area contributed by atoms with E-state index in [0.29, 0.717) is 15.9 Å². The quantitative estimate of drug-likeness (QED) is 0.706. The molecule has 0 fully saturated rings. The van der Waals surface area contributed by atoms with E-state index < -0.39 is 0 Å². The van der Waals surface area contributed by atoms with Gasteiger partial charge in [0.25, 0.3) is 0 Å². The van der Waals surface area contributed by atoms with Crippen LogP contribution in [0, 0.1) is 0 Å². The van der Waals surface area contributed by atoms with Crippen molar-refractivity contribution in [2.75, 3.05) is 0 Å². The van der Waals surface area contributed by atoms with Gasteiger partial charge in [-0.3, -0.25) is 0 Å². The third kappa shape index (κ3) is 2.35. The Morgan fingerprint density at radius 3 is 2.47 bits per heavy atom. The first-order chi connectivity index (χ1) is 9.25. The fraction of sp³-hybridized carbons (Fsp3) is 0. The highest BCUT2D eigenvalue weighted by Gasteiger charge is 2.12. The molecule has 0 aliphatic heterocycles. The molecular formula is C14H9Cl2N3. The molecule has 0 radical (unpaired) electrons. The van der Waals surface area contributed by atoms with Crippen LogP contribution in [0.4, 0.5) is 0 Å². The Kier molecular flexibility index (Phi) is 3.23. The minimum atomic E-state index is 0.553. The van der Waals surface area contributed by atoms with E-state index in [1.54, 1.807) is 16.8 Å². The van der Waals surface area contributed by atoms with Gasteiger partial charge in [0.1, 0.15) is 6.33 Å². The van der Waals surface area contributed by atoms with Crippen LogP contribution in [0.3, 0.4) is 0 Å². The first-order valence-electron chi connectivity index (χ1n) is 5.66. The van der Waals surface area contributed by atoms with Gasteiger partial charge in [-0.15, -0.1) is 0 Å². The van der Waals surface area contributed by atoms with E-state index >= 15 is 0 Å². The van der Waals surface area contributed by atoms with Crippen LogP contribution in [0.1, 0.15) is 0 Å². The van der Waals surface area contributed by atoms with Gasteiger partial charge in [-0.1, -0.05) is 41.4 Å². The van der Waals surface area contributed by atoms with Gasteiger partial charge < -0.3 is 0 Å². The number of rotatable bonds is 2. The summed E-state index contributed by atoms with van der Waals surface area (Å²) in [5.41, 5.74) is 1.73. The van der Waals surface area contributed by atoms with Crippen molar-refractivity contribution in [3.8, 4) is 17.1 Å². The Morgan fingerprint density at radius 1 is 0.947 bits per heavy atom. The van der Waals surface area contributed by atoms with Gasteiger partial charge in [0.05, 0.1) is 10.7 Å². The molecule has 0 aliphatic carbocycles. The number of hydrogen-bond acceptors (Lipinski definition) is 2. The topological polar surface area (TPSA) is 30.7 Å². The summed E-state index contributed by atoms with van der Waals surface area (Å²) in [7, 11) is 0. The lowest BCUT2D eigenvalue weighted by atomic mass is 10.2. The highest BCUT2D eigenvalue weighted by Crippen LogP contribution is 2.29. The van der Waals surface area contributed by atoms with E-state index in [0.717, 1.165) is 11.3 Å². The monoisotopic (exact) mass is 289 g/mol. The lowest BCUT2D eigenvalue weighted by molar-refractivity contribution is 0.887. The summed E-state index contributed by atoms with van der Waals surface area (Å²) in [5, 5.41) is 5.39. The Bertz CT molecular complexity index is 708. The van der Waals surface area contributed by atoms with E-state index in [-0.39, 0.29) is 0 Å².